The molecule has 1 aliphatic carbocycles. The van der Waals surface area contributed by atoms with E-state index in [0.717, 1.165) is 37.5 Å². The van der Waals surface area contributed by atoms with Crippen molar-refractivity contribution < 1.29 is 21.6 Å². The first-order valence-electron chi connectivity index (χ1n) is 10.1. The van der Waals surface area contributed by atoms with Gasteiger partial charge in [-0.3, -0.25) is 9.52 Å². The summed E-state index contributed by atoms with van der Waals surface area (Å²) in [4.78, 5) is 12.4. The van der Waals surface area contributed by atoms with Crippen LogP contribution in [0.1, 0.15) is 36.0 Å². The fourth-order valence-electron chi connectivity index (χ4n) is 3.52. The fourth-order valence-corrected chi connectivity index (χ4v) is 5.20. The molecule has 2 aromatic carbocycles. The van der Waals surface area contributed by atoms with Crippen molar-refractivity contribution in [2.24, 2.45) is 0 Å². The van der Waals surface area contributed by atoms with Gasteiger partial charge in [-0.15, -0.1) is 0 Å². The molecule has 0 saturated heterocycles. The van der Waals surface area contributed by atoms with Gasteiger partial charge in [0, 0.05) is 19.5 Å². The second-order valence-corrected chi connectivity index (χ2v) is 11.1. The standard InChI is InChI=1S/C21H27N3O5S2/c1-30(26,27)24-20-9-5-4-8-18(20)15-22-21(25)12-13-23-31(28,29)19-11-10-16-6-2-3-7-17(16)14-19/h4-5,8-11,14,23-24H,2-3,6-7,12-13,15H2,1H3,(H,22,25). The third kappa shape index (κ3) is 6.78. The number of hydrogen-bond acceptors (Lipinski definition) is 5. The Balaban J connectivity index is 1.51. The molecule has 0 spiro atoms. The summed E-state index contributed by atoms with van der Waals surface area (Å²) in [6.45, 7) is 0.0869. The van der Waals surface area contributed by atoms with Gasteiger partial charge in [0.1, 0.15) is 0 Å². The maximum atomic E-state index is 12.5. The minimum atomic E-state index is -3.69. The topological polar surface area (TPSA) is 121 Å². The van der Waals surface area contributed by atoms with Crippen LogP contribution in [0, 0.1) is 0 Å². The number of para-hydroxylation sites is 1. The molecule has 1 amide bonds. The molecule has 8 nitrogen and oxygen atoms in total. The van der Waals surface area contributed by atoms with Gasteiger partial charge < -0.3 is 5.32 Å². The number of aryl methyl sites for hydroxylation is 2. The van der Waals surface area contributed by atoms with E-state index in [9.17, 15) is 21.6 Å². The average Bonchev–Trinajstić information content (AvgIpc) is 2.71. The van der Waals surface area contributed by atoms with E-state index in [-0.39, 0.29) is 30.3 Å². The predicted octanol–water partition coefficient (Wildman–Crippen LogP) is 1.92. The molecule has 0 radical (unpaired) electrons. The lowest BCUT2D eigenvalue weighted by Crippen LogP contribution is -2.31. The number of carbonyl (C=O) groups excluding carboxylic acids is 1. The average molecular weight is 466 g/mol. The maximum Gasteiger partial charge on any atom is 0.240 e. The molecule has 0 heterocycles. The Labute approximate surface area is 183 Å². The molecule has 10 heteroatoms. The second kappa shape index (κ2) is 9.80. The summed E-state index contributed by atoms with van der Waals surface area (Å²) in [7, 11) is -7.13. The van der Waals surface area contributed by atoms with Crippen LogP contribution < -0.4 is 14.8 Å². The molecule has 0 saturated carbocycles. The van der Waals surface area contributed by atoms with Gasteiger partial charge in [-0.2, -0.15) is 0 Å². The van der Waals surface area contributed by atoms with E-state index in [1.807, 2.05) is 6.07 Å². The van der Waals surface area contributed by atoms with Crippen molar-refractivity contribution in [3.63, 3.8) is 0 Å². The van der Waals surface area contributed by atoms with Gasteiger partial charge in [0.05, 0.1) is 16.8 Å². The Kier molecular flexibility index (Phi) is 7.34. The summed E-state index contributed by atoms with van der Waals surface area (Å²) in [5.74, 6) is -0.345. The van der Waals surface area contributed by atoms with Crippen LogP contribution in [0.15, 0.2) is 47.4 Å². The zero-order valence-electron chi connectivity index (χ0n) is 17.3. The van der Waals surface area contributed by atoms with E-state index in [2.05, 4.69) is 14.8 Å². The van der Waals surface area contributed by atoms with Crippen LogP contribution in [0.5, 0.6) is 0 Å². The van der Waals surface area contributed by atoms with Crippen molar-refractivity contribution in [1.82, 2.24) is 10.0 Å². The minimum absolute atomic E-state index is 0.0332. The number of benzene rings is 2. The molecule has 3 N–H and O–H groups in total. The number of anilines is 1. The number of sulfonamides is 2. The van der Waals surface area contributed by atoms with Crippen molar-refractivity contribution in [1.29, 1.82) is 0 Å². The third-order valence-electron chi connectivity index (χ3n) is 5.06. The molecule has 168 valence electrons. The Morgan fingerprint density at radius 2 is 1.68 bits per heavy atom. The van der Waals surface area contributed by atoms with E-state index < -0.39 is 20.0 Å². The van der Waals surface area contributed by atoms with Gasteiger partial charge in [-0.25, -0.2) is 21.6 Å². The smallest absolute Gasteiger partial charge is 0.240 e. The third-order valence-corrected chi connectivity index (χ3v) is 7.11. The monoisotopic (exact) mass is 465 g/mol. The first-order chi connectivity index (χ1) is 14.6. The van der Waals surface area contributed by atoms with Crippen LogP contribution >= 0.6 is 0 Å². The highest BCUT2D eigenvalue weighted by Gasteiger charge is 2.18. The molecule has 0 aromatic heterocycles. The van der Waals surface area contributed by atoms with E-state index in [1.54, 1.807) is 36.4 Å². The second-order valence-electron chi connectivity index (χ2n) is 7.59. The summed E-state index contributed by atoms with van der Waals surface area (Å²) < 4.78 is 52.9. The van der Waals surface area contributed by atoms with E-state index in [0.29, 0.717) is 11.3 Å². The molecule has 0 bridgehead atoms. The number of nitrogens with one attached hydrogen (secondary N) is 3. The normalized spacial score (nSPS) is 14.0. The highest BCUT2D eigenvalue weighted by molar-refractivity contribution is 7.92. The molecule has 1 aliphatic rings. The highest BCUT2D eigenvalue weighted by Crippen LogP contribution is 2.24. The lowest BCUT2D eigenvalue weighted by molar-refractivity contribution is -0.121. The number of carbonyl (C=O) groups is 1. The Bertz CT molecular complexity index is 1160. The van der Waals surface area contributed by atoms with Crippen LogP contribution in [0.3, 0.4) is 0 Å². The quantitative estimate of drug-likeness (QED) is 0.522. The predicted molar refractivity (Wildman–Crippen MR) is 120 cm³/mol. The van der Waals surface area contributed by atoms with Crippen molar-refractivity contribution >= 4 is 31.6 Å². The first-order valence-corrected chi connectivity index (χ1v) is 13.5. The van der Waals surface area contributed by atoms with Crippen molar-refractivity contribution in [3.05, 3.63) is 59.2 Å². The summed E-state index contributed by atoms with van der Waals surface area (Å²) >= 11 is 0. The zero-order chi connectivity index (χ0) is 22.5. The molecule has 0 unspecified atom stereocenters. The van der Waals surface area contributed by atoms with Crippen LogP contribution in [0.2, 0.25) is 0 Å². The largest absolute Gasteiger partial charge is 0.352 e. The van der Waals surface area contributed by atoms with Crippen molar-refractivity contribution in [2.45, 2.75) is 43.5 Å². The molecule has 0 aliphatic heterocycles. The van der Waals surface area contributed by atoms with Gasteiger partial charge in [0.15, 0.2) is 0 Å². The molecular formula is C21H27N3O5S2. The van der Waals surface area contributed by atoms with Crippen LogP contribution in [0.25, 0.3) is 0 Å². The first kappa shape index (κ1) is 23.2. The fraction of sp³-hybridized carbons (Fsp3) is 0.381. The van der Waals surface area contributed by atoms with Crippen LogP contribution in [0.4, 0.5) is 5.69 Å². The zero-order valence-corrected chi connectivity index (χ0v) is 19.0. The Hall–Kier alpha value is -2.43. The van der Waals surface area contributed by atoms with Crippen molar-refractivity contribution in [2.75, 3.05) is 17.5 Å². The van der Waals surface area contributed by atoms with Crippen LogP contribution in [-0.4, -0.2) is 35.5 Å². The lowest BCUT2D eigenvalue weighted by Gasteiger charge is -2.16. The molecule has 31 heavy (non-hydrogen) atoms. The summed E-state index contributed by atoms with van der Waals surface area (Å²) in [5, 5.41) is 2.68. The lowest BCUT2D eigenvalue weighted by atomic mass is 9.92. The summed E-state index contributed by atoms with van der Waals surface area (Å²) in [5.41, 5.74) is 3.28. The maximum absolute atomic E-state index is 12.5. The van der Waals surface area contributed by atoms with E-state index in [4.69, 9.17) is 0 Å². The molecule has 0 atom stereocenters. The number of rotatable bonds is 9. The number of hydrogen-bond donors (Lipinski definition) is 3. The van der Waals surface area contributed by atoms with E-state index >= 15 is 0 Å². The van der Waals surface area contributed by atoms with Gasteiger partial charge in [-0.1, -0.05) is 24.3 Å². The summed E-state index contributed by atoms with van der Waals surface area (Å²) in [6, 6.07) is 11.9. The SMILES string of the molecule is CS(=O)(=O)Nc1ccccc1CNC(=O)CCNS(=O)(=O)c1ccc2c(c1)CCCC2. The molecule has 0 fully saturated rings. The Morgan fingerprint density at radius 3 is 2.42 bits per heavy atom. The van der Waals surface area contributed by atoms with Gasteiger partial charge >= 0.3 is 0 Å². The molecule has 3 rings (SSSR count). The minimum Gasteiger partial charge on any atom is -0.352 e. The van der Waals surface area contributed by atoms with Gasteiger partial charge in [0.25, 0.3) is 0 Å². The highest BCUT2D eigenvalue weighted by atomic mass is 32.2. The number of fused-ring (bicyclic) bond motifs is 1. The van der Waals surface area contributed by atoms with Crippen LogP contribution in [-0.2, 0) is 44.2 Å². The molecule has 2 aromatic rings. The summed E-state index contributed by atoms with van der Waals surface area (Å²) in [6.07, 6.45) is 5.07. The molecular weight excluding hydrogens is 438 g/mol. The van der Waals surface area contributed by atoms with Gasteiger partial charge in [0.2, 0.25) is 26.0 Å². The number of amides is 1. The Morgan fingerprint density at radius 1 is 0.968 bits per heavy atom. The van der Waals surface area contributed by atoms with Gasteiger partial charge in [-0.05, 0) is 60.6 Å². The van der Waals surface area contributed by atoms with E-state index in [1.165, 1.54) is 5.56 Å². The van der Waals surface area contributed by atoms with Crippen molar-refractivity contribution in [3.8, 4) is 0 Å².